The van der Waals surface area contributed by atoms with E-state index in [-0.39, 0.29) is 78.5 Å². The van der Waals surface area contributed by atoms with E-state index in [9.17, 15) is 25.9 Å². The molecule has 0 fully saturated rings. The Kier molecular flexibility index (Phi) is 11.6. The van der Waals surface area contributed by atoms with Crippen molar-refractivity contribution in [1.29, 1.82) is 0 Å². The molecule has 0 saturated heterocycles. The van der Waals surface area contributed by atoms with Crippen molar-refractivity contribution in [3.8, 4) is 11.5 Å². The van der Waals surface area contributed by atoms with E-state index in [4.69, 9.17) is 10.2 Å². The van der Waals surface area contributed by atoms with Gasteiger partial charge in [-0.15, -0.1) is 0 Å². The number of aromatic hydroxyl groups is 2. The van der Waals surface area contributed by atoms with Gasteiger partial charge in [-0.1, -0.05) is 0 Å². The van der Waals surface area contributed by atoms with Crippen molar-refractivity contribution < 1.29 is 93.4 Å². The SMILES string of the molecule is O=S(=O)([O-])c1ccc(O)cc1.O=S(=O)([O-])c1ccc(O)cc1.[Hg+].[Na+]. The van der Waals surface area contributed by atoms with E-state index in [1.165, 1.54) is 0 Å². The van der Waals surface area contributed by atoms with Gasteiger partial charge in [-0.25, -0.2) is 16.8 Å². The Morgan fingerprint density at radius 3 is 1.00 bits per heavy atom. The molecule has 0 heterocycles. The summed E-state index contributed by atoms with van der Waals surface area (Å²) in [7, 11) is -8.76. The van der Waals surface area contributed by atoms with E-state index in [0.29, 0.717) is 0 Å². The van der Waals surface area contributed by atoms with Crippen LogP contribution in [0.3, 0.4) is 0 Å². The molecule has 0 amide bonds. The first-order valence-corrected chi connectivity index (χ1v) is 8.31. The largest absolute Gasteiger partial charge is 1.00 e. The zero-order valence-electron chi connectivity index (χ0n) is 12.5. The molecule has 8 nitrogen and oxygen atoms in total. The van der Waals surface area contributed by atoms with Gasteiger partial charge in [0.15, 0.2) is 0 Å². The normalized spacial score (nSPS) is 10.4. The van der Waals surface area contributed by atoms with Gasteiger partial charge in [-0.05, 0) is 48.5 Å². The van der Waals surface area contributed by atoms with E-state index < -0.39 is 20.2 Å². The van der Waals surface area contributed by atoms with Crippen LogP contribution in [0.15, 0.2) is 58.3 Å². The minimum absolute atomic E-state index is 0. The fourth-order valence-corrected chi connectivity index (χ4v) is 2.16. The summed E-state index contributed by atoms with van der Waals surface area (Å²) in [6.45, 7) is 0. The summed E-state index contributed by atoms with van der Waals surface area (Å²) in [5, 5.41) is 17.5. The zero-order chi connectivity index (χ0) is 17.0. The van der Waals surface area contributed by atoms with Crippen LogP contribution in [0.25, 0.3) is 0 Å². The second kappa shape index (κ2) is 10.7. The molecular formula is C12H10HgNaO8S2. The van der Waals surface area contributed by atoms with Crippen molar-refractivity contribution in [2.75, 3.05) is 0 Å². The van der Waals surface area contributed by atoms with Gasteiger partial charge in [0.2, 0.25) is 0 Å². The van der Waals surface area contributed by atoms with Gasteiger partial charge in [0, 0.05) is 0 Å². The molecule has 0 aromatic heterocycles. The minimum Gasteiger partial charge on any atom is -0.744 e. The van der Waals surface area contributed by atoms with E-state index in [0.717, 1.165) is 48.5 Å². The van der Waals surface area contributed by atoms with Crippen LogP contribution in [-0.4, -0.2) is 36.2 Å². The predicted octanol–water partition coefficient (Wildman–Crippen LogP) is -2.41. The van der Waals surface area contributed by atoms with Crippen LogP contribution >= 0.6 is 0 Å². The first-order chi connectivity index (χ1) is 10.00. The van der Waals surface area contributed by atoms with E-state index in [2.05, 4.69) is 0 Å². The minimum atomic E-state index is -4.38. The molecule has 0 aliphatic carbocycles. The smallest absolute Gasteiger partial charge is 0.744 e. The standard InChI is InChI=1S/2C6H6O4S.Hg.Na/c2*7-5-1-3-6(4-2-5)11(8,9)10;;/h2*1-4,7H,(H,8,9,10);;/q;;2*+1/p-2. The van der Waals surface area contributed by atoms with E-state index >= 15 is 0 Å². The average molecular weight is 570 g/mol. The van der Waals surface area contributed by atoms with Crippen LogP contribution in [0.1, 0.15) is 0 Å². The molecule has 0 atom stereocenters. The van der Waals surface area contributed by atoms with Crippen LogP contribution in [0, 0.1) is 0 Å². The molecule has 1 radical (unpaired) electrons. The summed E-state index contributed by atoms with van der Waals surface area (Å²) in [5.41, 5.74) is 0. The fraction of sp³-hybridized carbons (Fsp3) is 0. The van der Waals surface area contributed by atoms with Gasteiger partial charge >= 0.3 is 57.2 Å². The van der Waals surface area contributed by atoms with Crippen molar-refractivity contribution in [2.24, 2.45) is 0 Å². The Morgan fingerprint density at radius 2 is 0.833 bits per heavy atom. The molecule has 0 saturated carbocycles. The molecule has 24 heavy (non-hydrogen) atoms. The number of phenolic OH excluding ortho intramolecular Hbond substituents is 2. The van der Waals surface area contributed by atoms with Gasteiger partial charge in [0.1, 0.15) is 31.7 Å². The number of hydrogen-bond acceptors (Lipinski definition) is 8. The van der Waals surface area contributed by atoms with Crippen LogP contribution in [0.4, 0.5) is 0 Å². The maximum absolute atomic E-state index is 10.3. The predicted molar refractivity (Wildman–Crippen MR) is 72.1 cm³/mol. The summed E-state index contributed by atoms with van der Waals surface area (Å²) in [6, 6.07) is 8.79. The molecule has 121 valence electrons. The van der Waals surface area contributed by atoms with Crippen molar-refractivity contribution in [2.45, 2.75) is 9.79 Å². The molecule has 12 heteroatoms. The Morgan fingerprint density at radius 1 is 0.625 bits per heavy atom. The molecule has 2 aromatic rings. The first kappa shape index (κ1) is 26.0. The number of hydrogen-bond donors (Lipinski definition) is 2. The molecule has 0 aliphatic rings. The van der Waals surface area contributed by atoms with E-state index in [1.807, 2.05) is 0 Å². The van der Waals surface area contributed by atoms with E-state index in [1.54, 1.807) is 0 Å². The Bertz CT molecular complexity index is 760. The molecule has 2 aromatic carbocycles. The van der Waals surface area contributed by atoms with Gasteiger partial charge in [0.05, 0.1) is 9.79 Å². The van der Waals surface area contributed by atoms with Crippen molar-refractivity contribution >= 4 is 20.2 Å². The van der Waals surface area contributed by atoms with Crippen LogP contribution < -0.4 is 29.6 Å². The monoisotopic (exact) mass is 571 g/mol. The third-order valence-electron chi connectivity index (χ3n) is 2.25. The summed E-state index contributed by atoms with van der Waals surface area (Å²) in [6.07, 6.45) is 0. The molecular weight excluding hydrogens is 560 g/mol. The van der Waals surface area contributed by atoms with Gasteiger partial charge in [-0.2, -0.15) is 0 Å². The van der Waals surface area contributed by atoms with Gasteiger partial charge in [0.25, 0.3) is 0 Å². The summed E-state index contributed by atoms with van der Waals surface area (Å²) in [5.74, 6) is -0.144. The third kappa shape index (κ3) is 9.32. The van der Waals surface area contributed by atoms with Crippen molar-refractivity contribution in [3.63, 3.8) is 0 Å². The molecule has 0 aliphatic heterocycles. The Hall–Kier alpha value is -0.205. The molecule has 2 rings (SSSR count). The number of benzene rings is 2. The van der Waals surface area contributed by atoms with Crippen LogP contribution in [0.2, 0.25) is 0 Å². The van der Waals surface area contributed by atoms with Crippen LogP contribution in [-0.2, 0) is 47.9 Å². The Balaban J connectivity index is 0. The second-order valence-electron chi connectivity index (χ2n) is 3.90. The fourth-order valence-electron chi connectivity index (χ4n) is 1.23. The maximum Gasteiger partial charge on any atom is 1.00 e. The second-order valence-corrected chi connectivity index (χ2v) is 6.66. The summed E-state index contributed by atoms with van der Waals surface area (Å²) < 4.78 is 61.8. The van der Waals surface area contributed by atoms with Gasteiger partial charge < -0.3 is 19.3 Å². The topological polar surface area (TPSA) is 155 Å². The number of rotatable bonds is 2. The van der Waals surface area contributed by atoms with Crippen molar-refractivity contribution in [1.82, 2.24) is 0 Å². The van der Waals surface area contributed by atoms with Crippen molar-refractivity contribution in [3.05, 3.63) is 48.5 Å². The maximum atomic E-state index is 10.3. The molecule has 2 N–H and O–H groups in total. The quantitative estimate of drug-likeness (QED) is 0.299. The molecule has 0 bridgehead atoms. The third-order valence-corrected chi connectivity index (χ3v) is 3.95. The Labute approximate surface area is 181 Å². The first-order valence-electron chi connectivity index (χ1n) is 5.50. The zero-order valence-corrected chi connectivity index (χ0v) is 21.6. The molecule has 0 spiro atoms. The molecule has 0 unspecified atom stereocenters. The van der Waals surface area contributed by atoms with Gasteiger partial charge in [-0.3, -0.25) is 0 Å². The number of phenols is 2. The van der Waals surface area contributed by atoms with Crippen LogP contribution in [0.5, 0.6) is 11.5 Å². The average Bonchev–Trinajstić information content (AvgIpc) is 2.38. The summed E-state index contributed by atoms with van der Waals surface area (Å²) in [4.78, 5) is -0.675. The summed E-state index contributed by atoms with van der Waals surface area (Å²) >= 11 is 0.